The number of oxazole rings is 1. The molecule has 2 aromatic heterocycles. The molecule has 2 heterocycles. The van der Waals surface area contributed by atoms with E-state index in [1.165, 1.54) is 17.8 Å². The fourth-order valence-electron chi connectivity index (χ4n) is 1.25. The van der Waals surface area contributed by atoms with Gasteiger partial charge in [-0.25, -0.2) is 4.79 Å². The minimum absolute atomic E-state index is 0.407. The van der Waals surface area contributed by atoms with E-state index >= 15 is 0 Å². The van der Waals surface area contributed by atoms with Gasteiger partial charge in [-0.15, -0.1) is 0 Å². The molecular weight excluding hydrogens is 204 g/mol. The van der Waals surface area contributed by atoms with Crippen LogP contribution in [0.5, 0.6) is 0 Å². The van der Waals surface area contributed by atoms with Gasteiger partial charge in [0.2, 0.25) is 0 Å². The lowest BCUT2D eigenvalue weighted by molar-refractivity contribution is 0.515. The summed E-state index contributed by atoms with van der Waals surface area (Å²) in [6.07, 6.45) is 4.53. The quantitative estimate of drug-likeness (QED) is 0.624. The number of H-pyrrole nitrogens is 1. The van der Waals surface area contributed by atoms with Crippen LogP contribution in [0.25, 0.3) is 10.9 Å². The Labute approximate surface area is 91.6 Å². The van der Waals surface area contributed by atoms with E-state index in [-0.39, 0.29) is 0 Å². The van der Waals surface area contributed by atoms with Crippen LogP contribution in [0.4, 0.5) is 0 Å². The molecule has 0 amide bonds. The van der Waals surface area contributed by atoms with Crippen LogP contribution in [0.3, 0.4) is 0 Å². The lowest BCUT2D eigenvalue weighted by Gasteiger charge is -1.91. The highest BCUT2D eigenvalue weighted by atomic mass is 16.4. The SMILES string of the molecule is O=c1[nH]cco1.c1ccc2ncccc2c1. The van der Waals surface area contributed by atoms with E-state index in [4.69, 9.17) is 0 Å². The van der Waals surface area contributed by atoms with E-state index < -0.39 is 5.76 Å². The molecule has 0 spiro atoms. The van der Waals surface area contributed by atoms with E-state index in [1.807, 2.05) is 30.5 Å². The highest BCUT2D eigenvalue weighted by molar-refractivity contribution is 5.77. The molecule has 3 aromatic rings. The number of nitrogens with zero attached hydrogens (tertiary/aromatic N) is 1. The first kappa shape index (κ1) is 10.2. The Kier molecular flexibility index (Phi) is 3.13. The van der Waals surface area contributed by atoms with Crippen molar-refractivity contribution in [1.29, 1.82) is 0 Å². The number of pyridine rings is 1. The molecule has 0 atom stereocenters. The van der Waals surface area contributed by atoms with Crippen LogP contribution >= 0.6 is 0 Å². The van der Waals surface area contributed by atoms with Crippen molar-refractivity contribution >= 4 is 10.9 Å². The monoisotopic (exact) mass is 214 g/mol. The standard InChI is InChI=1S/C9H7N.C3H3NO2/c1-2-6-9-8(4-1)5-3-7-10-9;5-3-4-1-2-6-3/h1-7H;1-2H,(H,4,5). The third kappa shape index (κ3) is 2.57. The van der Waals surface area contributed by atoms with Crippen molar-refractivity contribution in [2.75, 3.05) is 0 Å². The first-order valence-electron chi connectivity index (χ1n) is 4.78. The molecule has 16 heavy (non-hydrogen) atoms. The molecule has 1 aromatic carbocycles. The maximum Gasteiger partial charge on any atom is 0.416 e. The summed E-state index contributed by atoms with van der Waals surface area (Å²) in [5, 5.41) is 1.20. The number of fused-ring (bicyclic) bond motifs is 1. The van der Waals surface area contributed by atoms with Gasteiger partial charge in [0, 0.05) is 17.8 Å². The molecule has 4 nitrogen and oxygen atoms in total. The third-order valence-electron chi connectivity index (χ3n) is 1.96. The van der Waals surface area contributed by atoms with Crippen LogP contribution in [0, 0.1) is 0 Å². The minimum Gasteiger partial charge on any atom is -0.417 e. The summed E-state index contributed by atoms with van der Waals surface area (Å²) in [7, 11) is 0. The van der Waals surface area contributed by atoms with Gasteiger partial charge in [-0.1, -0.05) is 24.3 Å². The summed E-state index contributed by atoms with van der Waals surface area (Å²) in [5.41, 5.74) is 1.06. The van der Waals surface area contributed by atoms with Gasteiger partial charge in [0.25, 0.3) is 0 Å². The lowest BCUT2D eigenvalue weighted by Crippen LogP contribution is -1.91. The van der Waals surface area contributed by atoms with Crippen LogP contribution in [-0.4, -0.2) is 9.97 Å². The summed E-state index contributed by atoms with van der Waals surface area (Å²) >= 11 is 0. The van der Waals surface area contributed by atoms with E-state index in [1.54, 1.807) is 0 Å². The Morgan fingerprint density at radius 1 is 1.12 bits per heavy atom. The van der Waals surface area contributed by atoms with Crippen LogP contribution in [0.2, 0.25) is 0 Å². The number of nitrogens with one attached hydrogen (secondary N) is 1. The van der Waals surface area contributed by atoms with Crippen molar-refractivity contribution < 1.29 is 4.42 Å². The van der Waals surface area contributed by atoms with Crippen molar-refractivity contribution in [3.8, 4) is 0 Å². The molecule has 1 N–H and O–H groups in total. The molecule has 0 bridgehead atoms. The number of aromatic amines is 1. The van der Waals surface area contributed by atoms with Gasteiger partial charge in [0.05, 0.1) is 5.52 Å². The summed E-state index contributed by atoms with van der Waals surface area (Å²) in [5.74, 6) is -0.407. The van der Waals surface area contributed by atoms with Crippen LogP contribution < -0.4 is 5.76 Å². The highest BCUT2D eigenvalue weighted by Gasteiger charge is 1.86. The van der Waals surface area contributed by atoms with Gasteiger partial charge < -0.3 is 4.42 Å². The number of hydrogen-bond acceptors (Lipinski definition) is 3. The molecule has 0 saturated carbocycles. The molecule has 80 valence electrons. The maximum atomic E-state index is 9.85. The van der Waals surface area contributed by atoms with Gasteiger partial charge in [0.15, 0.2) is 0 Å². The predicted molar refractivity (Wildman–Crippen MR) is 61.1 cm³/mol. The first-order chi connectivity index (χ1) is 7.86. The second kappa shape index (κ2) is 4.93. The molecular formula is C12H10N2O2. The molecule has 0 aliphatic carbocycles. The average Bonchev–Trinajstić information content (AvgIpc) is 2.81. The van der Waals surface area contributed by atoms with Gasteiger partial charge >= 0.3 is 5.76 Å². The van der Waals surface area contributed by atoms with Crippen molar-refractivity contribution in [1.82, 2.24) is 9.97 Å². The Bertz CT molecular complexity index is 531. The lowest BCUT2D eigenvalue weighted by atomic mass is 10.2. The Morgan fingerprint density at radius 3 is 2.56 bits per heavy atom. The number of para-hydroxylation sites is 1. The molecule has 0 aliphatic heterocycles. The second-order valence-electron chi connectivity index (χ2n) is 3.05. The van der Waals surface area contributed by atoms with E-state index in [9.17, 15) is 4.79 Å². The molecule has 0 fully saturated rings. The highest BCUT2D eigenvalue weighted by Crippen LogP contribution is 2.07. The van der Waals surface area contributed by atoms with Crippen LogP contribution in [0.1, 0.15) is 0 Å². The summed E-state index contributed by atoms with van der Waals surface area (Å²) in [6.45, 7) is 0. The van der Waals surface area contributed by atoms with Crippen LogP contribution in [-0.2, 0) is 0 Å². The van der Waals surface area contributed by atoms with Crippen molar-refractivity contribution in [3.05, 3.63) is 65.6 Å². The number of benzene rings is 1. The van der Waals surface area contributed by atoms with Gasteiger partial charge in [-0.05, 0) is 12.1 Å². The number of aromatic nitrogens is 2. The van der Waals surface area contributed by atoms with Crippen molar-refractivity contribution in [2.45, 2.75) is 0 Å². The van der Waals surface area contributed by atoms with Crippen molar-refractivity contribution in [3.63, 3.8) is 0 Å². The zero-order chi connectivity index (χ0) is 11.2. The largest absolute Gasteiger partial charge is 0.417 e. The normalized spacial score (nSPS) is 9.50. The summed E-state index contributed by atoms with van der Waals surface area (Å²) in [4.78, 5) is 16.3. The van der Waals surface area contributed by atoms with E-state index in [2.05, 4.69) is 26.5 Å². The Morgan fingerprint density at radius 2 is 1.94 bits per heavy atom. The predicted octanol–water partition coefficient (Wildman–Crippen LogP) is 2.20. The summed E-state index contributed by atoms with van der Waals surface area (Å²) < 4.78 is 4.22. The van der Waals surface area contributed by atoms with Gasteiger partial charge in [-0.2, -0.15) is 0 Å². The smallest absolute Gasteiger partial charge is 0.416 e. The molecule has 0 unspecified atom stereocenters. The molecule has 3 rings (SSSR count). The van der Waals surface area contributed by atoms with Gasteiger partial charge in [0.1, 0.15) is 6.26 Å². The number of rotatable bonds is 0. The summed E-state index contributed by atoms with van der Waals surface area (Å²) in [6, 6.07) is 12.1. The Hall–Kier alpha value is -2.36. The fraction of sp³-hybridized carbons (Fsp3) is 0. The average molecular weight is 214 g/mol. The Balaban J connectivity index is 0.000000138. The molecule has 4 heteroatoms. The van der Waals surface area contributed by atoms with Gasteiger partial charge in [-0.3, -0.25) is 9.97 Å². The van der Waals surface area contributed by atoms with E-state index in [0.717, 1.165) is 5.52 Å². The van der Waals surface area contributed by atoms with E-state index in [0.29, 0.717) is 0 Å². The fourth-order valence-corrected chi connectivity index (χ4v) is 1.25. The molecule has 0 aliphatic rings. The maximum absolute atomic E-state index is 9.85. The van der Waals surface area contributed by atoms with Crippen LogP contribution in [0.15, 0.2) is 64.3 Å². The molecule has 0 radical (unpaired) electrons. The third-order valence-corrected chi connectivity index (χ3v) is 1.96. The first-order valence-corrected chi connectivity index (χ1v) is 4.78. The number of hydrogen-bond donors (Lipinski definition) is 1. The zero-order valence-electron chi connectivity index (χ0n) is 8.46. The minimum atomic E-state index is -0.407. The van der Waals surface area contributed by atoms with Crippen molar-refractivity contribution in [2.24, 2.45) is 0 Å². The molecule has 0 saturated heterocycles. The topological polar surface area (TPSA) is 58.9 Å². The zero-order valence-corrected chi connectivity index (χ0v) is 8.46. The second-order valence-corrected chi connectivity index (χ2v) is 3.05.